The molecule has 0 saturated carbocycles. The summed E-state index contributed by atoms with van der Waals surface area (Å²) in [6.45, 7) is 5.62. The number of carbonyl (C=O) groups is 3. The molecule has 13 aromatic rings. The number of hydrogen-bond donors (Lipinski definition) is 0. The molecule has 15 nitrogen and oxygen atoms in total. The average Bonchev–Trinajstić information content (AvgIpc) is 0.799. The number of benzene rings is 12. The van der Waals surface area contributed by atoms with Gasteiger partial charge in [-0.05, 0) is 228 Å². The van der Waals surface area contributed by atoms with Crippen molar-refractivity contribution < 1.29 is 71.2 Å². The fourth-order valence-electron chi connectivity index (χ4n) is 12.2. The van der Waals surface area contributed by atoms with Crippen LogP contribution in [0.2, 0.25) is 0 Å². The number of esters is 3. The number of carbonyl (C=O) groups excluding carboxylic acids is 3. The van der Waals surface area contributed by atoms with E-state index in [0.29, 0.717) is 112 Å². The summed E-state index contributed by atoms with van der Waals surface area (Å²) in [7, 11) is 4.84. The molecule has 0 aliphatic carbocycles. The summed E-state index contributed by atoms with van der Waals surface area (Å²) in [5, 5.41) is 19.9. The Morgan fingerprint density at radius 3 is 0.559 bits per heavy atom. The third kappa shape index (κ3) is 22.2. The van der Waals surface area contributed by atoms with Crippen LogP contribution in [0, 0.1) is 72.8 Å². The van der Waals surface area contributed by atoms with E-state index < -0.39 is 17.9 Å². The molecule has 0 radical (unpaired) electrons. The van der Waals surface area contributed by atoms with Crippen LogP contribution in [0.25, 0.3) is 129 Å². The fraction of sp³-hybridized carbons (Fsp3) is 0.219. The first-order chi connectivity index (χ1) is 54.5. The Balaban J connectivity index is 0.901. The maximum atomic E-state index is 13.8. The van der Waals surface area contributed by atoms with Crippen LogP contribution in [0.15, 0.2) is 200 Å². The summed E-state index contributed by atoms with van der Waals surface area (Å²) in [6.07, 6.45) is 0. The number of hydrogen-bond acceptors (Lipinski definition) is 15. The van der Waals surface area contributed by atoms with E-state index in [1.165, 1.54) is 0 Å². The van der Waals surface area contributed by atoms with E-state index in [-0.39, 0.29) is 56.3 Å². The summed E-state index contributed by atoms with van der Waals surface area (Å²) < 4.78 is 65.8. The topological polar surface area (TPSA) is 162 Å². The highest BCUT2D eigenvalue weighted by Crippen LogP contribution is 2.29. The van der Waals surface area contributed by atoms with Crippen LogP contribution < -0.4 is 0 Å². The zero-order valence-corrected chi connectivity index (χ0v) is 61.9. The lowest BCUT2D eigenvalue weighted by molar-refractivity contribution is 0.00553. The zero-order valence-electron chi connectivity index (χ0n) is 61.9. The minimum atomic E-state index is -0.543. The van der Waals surface area contributed by atoms with Crippen molar-refractivity contribution >= 4 is 147 Å². The lowest BCUT2D eigenvalue weighted by atomic mass is 10.0. The van der Waals surface area contributed by atoms with Crippen LogP contribution in [0.4, 0.5) is 0 Å². The van der Waals surface area contributed by atoms with Crippen molar-refractivity contribution in [3.05, 3.63) is 290 Å². The van der Waals surface area contributed by atoms with Crippen molar-refractivity contribution in [1.29, 1.82) is 0 Å². The Morgan fingerprint density at radius 2 is 0.360 bits per heavy atom. The second-order valence-electron chi connectivity index (χ2n) is 25.9. The zero-order chi connectivity index (χ0) is 76.4. The maximum absolute atomic E-state index is 13.8. The molecule has 13 rings (SSSR count). The molecule has 0 amide bonds. The average molecular weight is 1470 g/mol. The molecule has 0 atom stereocenters. The van der Waals surface area contributed by atoms with Gasteiger partial charge in [0.25, 0.3) is 0 Å². The molecule has 0 heterocycles. The molecule has 0 aliphatic heterocycles. The van der Waals surface area contributed by atoms with Crippen molar-refractivity contribution in [3.63, 3.8) is 0 Å². The summed E-state index contributed by atoms with van der Waals surface area (Å²) >= 11 is 0. The van der Waals surface area contributed by atoms with Crippen molar-refractivity contribution in [2.45, 2.75) is 0 Å². The lowest BCUT2D eigenvalue weighted by Crippen LogP contribution is -2.13. The molecule has 0 unspecified atom stereocenters. The second kappa shape index (κ2) is 39.1. The Morgan fingerprint density at radius 1 is 0.189 bits per heavy atom. The van der Waals surface area contributed by atoms with Gasteiger partial charge >= 0.3 is 17.9 Å². The number of ether oxygens (including phenoxy) is 12. The Hall–Kier alpha value is -12.4. The molecule has 15 heteroatoms. The molecule has 0 N–H and O–H groups in total. The molecule has 0 aromatic heterocycles. The standard InChI is InChI=1S/C96H78O15/c1-100-28-31-103-34-37-106-40-43-109-94(97)91-55-73-10-4-67-16-22-79-61-81-24-18-69(51-87(81)64-85(79)49-67)6-12-75-47-77(59-92(57-75)95(98)110-44-41-107-38-35-104-32-29-101-2)14-8-71-20-26-83-63-84-27-21-72(54-90(84)66-89(83)53-71)9-15-78-48-76(58-93(60-78)96(99)111-45-42-108-39-36-105-33-30-102-3)13-7-70-19-25-82-62-80-23-17-68(5-11-74(46-73)56-91)50-86(80)65-88(82)52-70/h16-27,46-66H,28-45H2,1-3H3. The summed E-state index contributed by atoms with van der Waals surface area (Å²) in [5.74, 6) is -1.63. The highest BCUT2D eigenvalue weighted by molar-refractivity contribution is 6.04. The first-order valence-corrected chi connectivity index (χ1v) is 36.5. The summed E-state index contributed by atoms with van der Waals surface area (Å²) in [4.78, 5) is 41.5. The fourth-order valence-corrected chi connectivity index (χ4v) is 12.2. The van der Waals surface area contributed by atoms with Gasteiger partial charge in [0, 0.05) is 86.0 Å². The molecule has 0 saturated heterocycles. The van der Waals surface area contributed by atoms with Gasteiger partial charge in [-0.1, -0.05) is 109 Å². The third-order valence-electron chi connectivity index (χ3n) is 17.8. The SMILES string of the molecule is COCCOCCOCCOC(=O)c1cc2c#cc3ccc4cc5ccc(c#cc6cc(C(=O)OCCOCCOCCOC)cc(c#cc7ccc8cc9ccc(c#cc%10cc(C(=O)OCCOCCOCCOC)cc(c#cc%11ccc%12cc%13ccc(c#cc(c1)c2)cc%13cc%12c%11)c%10)cc9cc8c7)c6)cc5cc4c3. The first-order valence-electron chi connectivity index (χ1n) is 36.5. The predicted octanol–water partition coefficient (Wildman–Crippen LogP) is 17.7. The Kier molecular flexibility index (Phi) is 27.1. The van der Waals surface area contributed by atoms with Gasteiger partial charge in [-0.3, -0.25) is 0 Å². The summed E-state index contributed by atoms with van der Waals surface area (Å²) in [5.41, 5.74) is 0.862. The molecule has 0 spiro atoms. The highest BCUT2D eigenvalue weighted by Gasteiger charge is 2.12. The van der Waals surface area contributed by atoms with E-state index in [1.807, 2.05) is 127 Å². The smallest absolute Gasteiger partial charge is 0.338 e. The molecule has 111 heavy (non-hydrogen) atoms. The highest BCUT2D eigenvalue weighted by atomic mass is 16.6. The maximum Gasteiger partial charge on any atom is 0.338 e. The van der Waals surface area contributed by atoms with Crippen LogP contribution in [-0.4, -0.2) is 158 Å². The van der Waals surface area contributed by atoms with Gasteiger partial charge < -0.3 is 56.8 Å². The van der Waals surface area contributed by atoms with Crippen LogP contribution in [0.1, 0.15) is 31.1 Å². The number of fused-ring (bicyclic) bond motifs is 12. The molecular formula is C96H78O15. The van der Waals surface area contributed by atoms with Gasteiger partial charge in [0.1, 0.15) is 19.8 Å². The number of rotatable bonds is 30. The summed E-state index contributed by atoms with van der Waals surface area (Å²) in [6, 6.07) is 105. The monoisotopic (exact) mass is 1470 g/mol. The molecule has 13 aromatic carbocycles. The van der Waals surface area contributed by atoms with E-state index in [4.69, 9.17) is 56.8 Å². The predicted molar refractivity (Wildman–Crippen MR) is 433 cm³/mol. The first kappa shape index (κ1) is 76.8. The van der Waals surface area contributed by atoms with E-state index in [2.05, 4.69) is 109 Å². The van der Waals surface area contributed by atoms with Gasteiger partial charge in [0.15, 0.2) is 0 Å². The van der Waals surface area contributed by atoms with Gasteiger partial charge in [0.05, 0.1) is 116 Å². The van der Waals surface area contributed by atoms with Gasteiger partial charge in [-0.2, -0.15) is 0 Å². The van der Waals surface area contributed by atoms with Gasteiger partial charge in [-0.25, -0.2) is 14.4 Å². The molecule has 0 aliphatic rings. The second-order valence-corrected chi connectivity index (χ2v) is 25.9. The van der Waals surface area contributed by atoms with Crippen molar-refractivity contribution in [2.24, 2.45) is 0 Å². The molecule has 552 valence electrons. The van der Waals surface area contributed by atoms with Crippen LogP contribution in [-0.2, 0) is 56.8 Å². The quantitative estimate of drug-likeness (QED) is 0.0181. The van der Waals surface area contributed by atoms with Crippen LogP contribution in [0.3, 0.4) is 0 Å². The Labute approximate surface area is 644 Å². The molecule has 0 fully saturated rings. The largest absolute Gasteiger partial charge is 0.460 e. The van der Waals surface area contributed by atoms with Gasteiger partial charge in [-0.15, -0.1) is 0 Å². The van der Waals surface area contributed by atoms with E-state index in [1.54, 1.807) is 57.7 Å². The normalized spacial score (nSPS) is 10.9. The van der Waals surface area contributed by atoms with Crippen molar-refractivity contribution in [1.82, 2.24) is 0 Å². The van der Waals surface area contributed by atoms with E-state index >= 15 is 0 Å². The van der Waals surface area contributed by atoms with Crippen molar-refractivity contribution in [2.75, 3.05) is 140 Å². The van der Waals surface area contributed by atoms with Crippen LogP contribution >= 0.6 is 0 Å². The van der Waals surface area contributed by atoms with Crippen LogP contribution in [0.5, 0.6) is 0 Å². The molecule has 18 bridgehead atoms. The van der Waals surface area contributed by atoms with Gasteiger partial charge in [0.2, 0.25) is 0 Å². The Bertz CT molecular complexity index is 5010. The van der Waals surface area contributed by atoms with E-state index in [9.17, 15) is 14.4 Å². The van der Waals surface area contributed by atoms with E-state index in [0.717, 1.165) is 97.0 Å². The number of methoxy groups -OCH3 is 3. The molecular weight excluding hydrogens is 1390 g/mol. The minimum Gasteiger partial charge on any atom is -0.460 e. The van der Waals surface area contributed by atoms with Crippen molar-refractivity contribution in [3.8, 4) is 0 Å². The minimum absolute atomic E-state index is 0.0290. The third-order valence-corrected chi connectivity index (χ3v) is 17.8. The lowest BCUT2D eigenvalue weighted by Gasteiger charge is -2.07.